The highest BCUT2D eigenvalue weighted by molar-refractivity contribution is 6.06. The van der Waals surface area contributed by atoms with E-state index in [4.69, 9.17) is 0 Å². The second kappa shape index (κ2) is 5.01. The van der Waals surface area contributed by atoms with Gasteiger partial charge in [-0.05, 0) is 42.8 Å². The van der Waals surface area contributed by atoms with Gasteiger partial charge in [0.2, 0.25) is 0 Å². The van der Waals surface area contributed by atoms with Crippen molar-refractivity contribution in [2.45, 2.75) is 6.92 Å². The number of H-pyrrole nitrogens is 1. The molecule has 0 fully saturated rings. The van der Waals surface area contributed by atoms with Gasteiger partial charge in [-0.2, -0.15) is 0 Å². The van der Waals surface area contributed by atoms with E-state index in [1.54, 1.807) is 25.1 Å². The quantitative estimate of drug-likeness (QED) is 0.734. The summed E-state index contributed by atoms with van der Waals surface area (Å²) in [5.74, 6) is -1.28. The minimum atomic E-state index is -0.445. The molecular formula is C16H12F2N2O. The Morgan fingerprint density at radius 1 is 1.14 bits per heavy atom. The van der Waals surface area contributed by atoms with E-state index in [1.165, 1.54) is 24.3 Å². The summed E-state index contributed by atoms with van der Waals surface area (Å²) < 4.78 is 26.8. The van der Waals surface area contributed by atoms with Gasteiger partial charge in [0.15, 0.2) is 0 Å². The Labute approximate surface area is 119 Å². The highest BCUT2D eigenvalue weighted by Gasteiger charge is 2.13. The lowest BCUT2D eigenvalue weighted by molar-refractivity contribution is 0.102. The van der Waals surface area contributed by atoms with Crippen molar-refractivity contribution in [1.29, 1.82) is 0 Å². The molecule has 0 aliphatic carbocycles. The summed E-state index contributed by atoms with van der Waals surface area (Å²) in [5.41, 5.74) is 1.89. The lowest BCUT2D eigenvalue weighted by atomic mass is 10.2. The van der Waals surface area contributed by atoms with Gasteiger partial charge in [-0.15, -0.1) is 0 Å². The summed E-state index contributed by atoms with van der Waals surface area (Å²) in [7, 11) is 0. The van der Waals surface area contributed by atoms with Crippen LogP contribution in [-0.2, 0) is 0 Å². The number of aromatic amines is 1. The molecule has 0 aliphatic rings. The van der Waals surface area contributed by atoms with Crippen molar-refractivity contribution < 1.29 is 13.6 Å². The molecule has 0 radical (unpaired) electrons. The van der Waals surface area contributed by atoms with Gasteiger partial charge in [-0.25, -0.2) is 8.78 Å². The maximum Gasteiger partial charge on any atom is 0.272 e. The Morgan fingerprint density at radius 2 is 1.95 bits per heavy atom. The third kappa shape index (κ3) is 2.50. The van der Waals surface area contributed by atoms with Crippen LogP contribution in [0.25, 0.3) is 10.9 Å². The van der Waals surface area contributed by atoms with E-state index in [1.807, 2.05) is 0 Å². The molecule has 0 saturated heterocycles. The number of anilines is 1. The number of aryl methyl sites for hydroxylation is 1. The summed E-state index contributed by atoms with van der Waals surface area (Å²) in [6, 6.07) is 10.2. The molecule has 5 heteroatoms. The summed E-state index contributed by atoms with van der Waals surface area (Å²) in [4.78, 5) is 15.0. The molecule has 0 unspecified atom stereocenters. The summed E-state index contributed by atoms with van der Waals surface area (Å²) >= 11 is 0. The number of carbonyl (C=O) groups excluding carboxylic acids is 1. The molecule has 3 aromatic rings. The van der Waals surface area contributed by atoms with Gasteiger partial charge in [-0.3, -0.25) is 4.79 Å². The van der Waals surface area contributed by atoms with Crippen molar-refractivity contribution in [3.05, 3.63) is 65.4 Å². The van der Waals surface area contributed by atoms with Crippen molar-refractivity contribution >= 4 is 22.5 Å². The van der Waals surface area contributed by atoms with Crippen LogP contribution in [0, 0.1) is 18.6 Å². The number of amides is 1. The highest BCUT2D eigenvalue weighted by atomic mass is 19.1. The number of carbonyl (C=O) groups is 1. The molecule has 3 nitrogen and oxygen atoms in total. The van der Waals surface area contributed by atoms with Gasteiger partial charge in [0.25, 0.3) is 5.91 Å². The Bertz CT molecular complexity index is 839. The third-order valence-electron chi connectivity index (χ3n) is 3.30. The van der Waals surface area contributed by atoms with E-state index in [2.05, 4.69) is 10.3 Å². The monoisotopic (exact) mass is 286 g/mol. The molecule has 1 aromatic heterocycles. The first kappa shape index (κ1) is 13.3. The molecule has 0 saturated carbocycles. The number of hydrogen-bond acceptors (Lipinski definition) is 1. The van der Waals surface area contributed by atoms with Crippen molar-refractivity contribution in [2.75, 3.05) is 5.32 Å². The SMILES string of the molecule is Cc1ccc(F)cc1NC(=O)c1cc2c(F)cccc2[nH]1. The molecule has 0 aliphatic heterocycles. The lowest BCUT2D eigenvalue weighted by Gasteiger charge is -2.07. The smallest absolute Gasteiger partial charge is 0.272 e. The van der Waals surface area contributed by atoms with Crippen molar-refractivity contribution in [3.63, 3.8) is 0 Å². The van der Waals surface area contributed by atoms with E-state index in [0.717, 1.165) is 5.56 Å². The third-order valence-corrected chi connectivity index (χ3v) is 3.30. The molecular weight excluding hydrogens is 274 g/mol. The van der Waals surface area contributed by atoms with Crippen LogP contribution < -0.4 is 5.32 Å². The number of halogens is 2. The largest absolute Gasteiger partial charge is 0.350 e. The van der Waals surface area contributed by atoms with Crippen LogP contribution in [-0.4, -0.2) is 10.9 Å². The molecule has 1 heterocycles. The predicted molar refractivity (Wildman–Crippen MR) is 77.3 cm³/mol. The lowest BCUT2D eigenvalue weighted by Crippen LogP contribution is -2.13. The zero-order chi connectivity index (χ0) is 15.0. The van der Waals surface area contributed by atoms with E-state index in [-0.39, 0.29) is 5.69 Å². The molecule has 2 aromatic carbocycles. The Morgan fingerprint density at radius 3 is 2.71 bits per heavy atom. The number of hydrogen-bond donors (Lipinski definition) is 2. The van der Waals surface area contributed by atoms with Crippen LogP contribution in [0.2, 0.25) is 0 Å². The van der Waals surface area contributed by atoms with Crippen molar-refractivity contribution in [1.82, 2.24) is 4.98 Å². The number of fused-ring (bicyclic) bond motifs is 1. The second-order valence-corrected chi connectivity index (χ2v) is 4.80. The van der Waals surface area contributed by atoms with Crippen LogP contribution in [0.15, 0.2) is 42.5 Å². The zero-order valence-electron chi connectivity index (χ0n) is 11.2. The van der Waals surface area contributed by atoms with Gasteiger partial charge in [0.1, 0.15) is 17.3 Å². The molecule has 21 heavy (non-hydrogen) atoms. The van der Waals surface area contributed by atoms with Crippen LogP contribution >= 0.6 is 0 Å². The fourth-order valence-corrected chi connectivity index (χ4v) is 2.16. The van der Waals surface area contributed by atoms with E-state index in [0.29, 0.717) is 16.6 Å². The summed E-state index contributed by atoms with van der Waals surface area (Å²) in [5, 5.41) is 2.96. The van der Waals surface area contributed by atoms with Crippen molar-refractivity contribution in [2.24, 2.45) is 0 Å². The first-order chi connectivity index (χ1) is 10.0. The minimum Gasteiger partial charge on any atom is -0.350 e. The van der Waals surface area contributed by atoms with Gasteiger partial charge in [-0.1, -0.05) is 12.1 Å². The highest BCUT2D eigenvalue weighted by Crippen LogP contribution is 2.21. The topological polar surface area (TPSA) is 44.9 Å². The Kier molecular flexibility index (Phi) is 3.17. The van der Waals surface area contributed by atoms with E-state index in [9.17, 15) is 13.6 Å². The first-order valence-electron chi connectivity index (χ1n) is 6.39. The van der Waals surface area contributed by atoms with Gasteiger partial charge in [0.05, 0.1) is 0 Å². The van der Waals surface area contributed by atoms with Gasteiger partial charge >= 0.3 is 0 Å². The molecule has 1 amide bonds. The maximum atomic E-state index is 13.6. The molecule has 0 spiro atoms. The molecule has 0 bridgehead atoms. The van der Waals surface area contributed by atoms with E-state index < -0.39 is 17.5 Å². The predicted octanol–water partition coefficient (Wildman–Crippen LogP) is 4.01. The second-order valence-electron chi connectivity index (χ2n) is 4.80. The van der Waals surface area contributed by atoms with Crippen LogP contribution in [0.5, 0.6) is 0 Å². The van der Waals surface area contributed by atoms with Crippen LogP contribution in [0.1, 0.15) is 16.1 Å². The number of nitrogens with one attached hydrogen (secondary N) is 2. The number of aromatic nitrogens is 1. The number of rotatable bonds is 2. The Balaban J connectivity index is 1.93. The molecule has 0 atom stereocenters. The summed E-state index contributed by atoms with van der Waals surface area (Å²) in [6.07, 6.45) is 0. The Hall–Kier alpha value is -2.69. The molecule has 3 rings (SSSR count). The van der Waals surface area contributed by atoms with Gasteiger partial charge in [0, 0.05) is 16.6 Å². The van der Waals surface area contributed by atoms with Crippen LogP contribution in [0.4, 0.5) is 14.5 Å². The zero-order valence-corrected chi connectivity index (χ0v) is 11.2. The van der Waals surface area contributed by atoms with Crippen LogP contribution in [0.3, 0.4) is 0 Å². The minimum absolute atomic E-state index is 0.221. The molecule has 2 N–H and O–H groups in total. The normalized spacial score (nSPS) is 10.8. The van der Waals surface area contributed by atoms with E-state index >= 15 is 0 Å². The average Bonchev–Trinajstić information content (AvgIpc) is 2.88. The maximum absolute atomic E-state index is 13.6. The summed E-state index contributed by atoms with van der Waals surface area (Å²) in [6.45, 7) is 1.76. The number of benzene rings is 2. The fraction of sp³-hybridized carbons (Fsp3) is 0.0625. The molecule has 106 valence electrons. The standard InChI is InChI=1S/C16H12F2N2O/c1-9-5-6-10(17)7-14(9)20-16(21)15-8-11-12(18)3-2-4-13(11)19-15/h2-8,19H,1H3,(H,20,21). The fourth-order valence-electron chi connectivity index (χ4n) is 2.16. The average molecular weight is 286 g/mol. The van der Waals surface area contributed by atoms with Crippen molar-refractivity contribution in [3.8, 4) is 0 Å². The first-order valence-corrected chi connectivity index (χ1v) is 6.39. The van der Waals surface area contributed by atoms with Gasteiger partial charge < -0.3 is 10.3 Å².